The summed E-state index contributed by atoms with van der Waals surface area (Å²) in [5, 5.41) is 2.83. The number of nitrogens with zero attached hydrogens (tertiary/aromatic N) is 1. The molecule has 0 spiro atoms. The maximum Gasteiger partial charge on any atom is 0.247 e. The summed E-state index contributed by atoms with van der Waals surface area (Å²) < 4.78 is 25.7. The van der Waals surface area contributed by atoms with Crippen LogP contribution in [-0.4, -0.2) is 43.5 Å². The van der Waals surface area contributed by atoms with Gasteiger partial charge in [0.25, 0.3) is 0 Å². The van der Waals surface area contributed by atoms with Crippen LogP contribution in [0.1, 0.15) is 25.3 Å². The lowest BCUT2D eigenvalue weighted by molar-refractivity contribution is -0.136. The van der Waals surface area contributed by atoms with Crippen molar-refractivity contribution in [1.82, 2.24) is 4.90 Å². The molecule has 1 atom stereocenters. The van der Waals surface area contributed by atoms with Crippen LogP contribution in [-0.2, 0) is 26.0 Å². The fourth-order valence-electron chi connectivity index (χ4n) is 3.31. The van der Waals surface area contributed by atoms with Crippen molar-refractivity contribution in [3.05, 3.63) is 60.2 Å². The van der Waals surface area contributed by atoms with Crippen molar-refractivity contribution >= 4 is 33.2 Å². The first-order chi connectivity index (χ1) is 13.9. The number of anilines is 2. The lowest BCUT2D eigenvalue weighted by atomic mass is 10.1. The molecule has 2 amide bonds. The molecule has 2 aromatic carbocycles. The minimum Gasteiger partial charge on any atom is -0.330 e. The second-order valence-corrected chi connectivity index (χ2v) is 8.99. The van der Waals surface area contributed by atoms with E-state index in [0.29, 0.717) is 24.3 Å². The Hall–Kier alpha value is -2.87. The van der Waals surface area contributed by atoms with Gasteiger partial charge >= 0.3 is 0 Å². The molecule has 2 aromatic rings. The Bertz CT molecular complexity index is 959. The summed E-state index contributed by atoms with van der Waals surface area (Å²) in [7, 11) is -3.35. The zero-order valence-electron chi connectivity index (χ0n) is 16.3. The quantitative estimate of drug-likeness (QED) is 0.727. The second-order valence-electron chi connectivity index (χ2n) is 6.98. The van der Waals surface area contributed by atoms with Crippen LogP contribution >= 0.6 is 0 Å². The van der Waals surface area contributed by atoms with Gasteiger partial charge in [-0.05, 0) is 49.6 Å². The Morgan fingerprint density at radius 3 is 2.34 bits per heavy atom. The summed E-state index contributed by atoms with van der Waals surface area (Å²) >= 11 is 0. The average molecular weight is 416 g/mol. The number of carbonyl (C=O) groups excluding carboxylic acids is 2. The van der Waals surface area contributed by atoms with E-state index in [1.54, 1.807) is 36.1 Å². The van der Waals surface area contributed by atoms with Crippen LogP contribution < -0.4 is 10.0 Å². The molecule has 1 fully saturated rings. The molecule has 1 aliphatic heterocycles. The van der Waals surface area contributed by atoms with E-state index in [1.807, 2.05) is 30.3 Å². The van der Waals surface area contributed by atoms with Crippen molar-refractivity contribution in [2.75, 3.05) is 22.3 Å². The van der Waals surface area contributed by atoms with E-state index in [4.69, 9.17) is 0 Å². The van der Waals surface area contributed by atoms with Gasteiger partial charge in [-0.3, -0.25) is 14.3 Å². The highest BCUT2D eigenvalue weighted by atomic mass is 32.2. The van der Waals surface area contributed by atoms with Crippen LogP contribution in [0, 0.1) is 0 Å². The summed E-state index contributed by atoms with van der Waals surface area (Å²) in [5.41, 5.74) is 1.91. The van der Waals surface area contributed by atoms with Gasteiger partial charge in [-0.25, -0.2) is 8.42 Å². The topological polar surface area (TPSA) is 95.6 Å². The first-order valence-corrected chi connectivity index (χ1v) is 11.3. The summed E-state index contributed by atoms with van der Waals surface area (Å²) in [4.78, 5) is 27.0. The Labute approximate surface area is 171 Å². The SMILES string of the molecule is CCS(=O)(=O)Nc1ccc(NC(=O)C2CCCN2C(=O)Cc2ccccc2)cc1. The minimum atomic E-state index is -3.35. The standard InChI is InChI=1S/C21H25N3O4S/c1-2-29(27,28)23-18-12-10-17(11-13-18)22-21(26)19-9-6-14-24(19)20(25)15-16-7-4-3-5-8-16/h3-5,7-8,10-13,19,23H,2,6,9,14-15H2,1H3,(H,22,26). The Kier molecular flexibility index (Phi) is 6.53. The van der Waals surface area contributed by atoms with Gasteiger partial charge in [-0.2, -0.15) is 0 Å². The highest BCUT2D eigenvalue weighted by Gasteiger charge is 2.33. The van der Waals surface area contributed by atoms with Gasteiger partial charge < -0.3 is 10.2 Å². The van der Waals surface area contributed by atoms with Crippen molar-refractivity contribution in [2.24, 2.45) is 0 Å². The molecule has 3 rings (SSSR count). The van der Waals surface area contributed by atoms with Gasteiger partial charge in [-0.1, -0.05) is 30.3 Å². The third-order valence-electron chi connectivity index (χ3n) is 4.88. The first kappa shape index (κ1) is 20.9. The summed E-state index contributed by atoms with van der Waals surface area (Å²) in [6.45, 7) is 2.13. The van der Waals surface area contributed by atoms with E-state index >= 15 is 0 Å². The van der Waals surface area contributed by atoms with Crippen LogP contribution in [0.3, 0.4) is 0 Å². The maximum absolute atomic E-state index is 12.7. The van der Waals surface area contributed by atoms with Gasteiger partial charge in [0.15, 0.2) is 0 Å². The molecule has 29 heavy (non-hydrogen) atoms. The van der Waals surface area contributed by atoms with Crippen LogP contribution in [0.2, 0.25) is 0 Å². The number of likely N-dealkylation sites (tertiary alicyclic amines) is 1. The van der Waals surface area contributed by atoms with Crippen LogP contribution in [0.5, 0.6) is 0 Å². The Morgan fingerprint density at radius 1 is 1.03 bits per heavy atom. The lowest BCUT2D eigenvalue weighted by Crippen LogP contribution is -2.43. The fraction of sp³-hybridized carbons (Fsp3) is 0.333. The molecule has 1 saturated heterocycles. The van der Waals surface area contributed by atoms with Gasteiger partial charge in [0, 0.05) is 17.9 Å². The van der Waals surface area contributed by atoms with Crippen LogP contribution in [0.15, 0.2) is 54.6 Å². The Balaban J connectivity index is 1.61. The number of carbonyl (C=O) groups is 2. The molecule has 2 N–H and O–H groups in total. The van der Waals surface area contributed by atoms with Crippen molar-refractivity contribution in [2.45, 2.75) is 32.2 Å². The second kappa shape index (κ2) is 9.09. The van der Waals surface area contributed by atoms with E-state index in [0.717, 1.165) is 12.0 Å². The van der Waals surface area contributed by atoms with E-state index in [2.05, 4.69) is 10.0 Å². The van der Waals surface area contributed by atoms with Gasteiger partial charge in [0.1, 0.15) is 6.04 Å². The summed E-state index contributed by atoms with van der Waals surface area (Å²) in [6.07, 6.45) is 1.69. The van der Waals surface area contributed by atoms with E-state index in [1.165, 1.54) is 0 Å². The average Bonchev–Trinajstić information content (AvgIpc) is 3.20. The molecule has 0 bridgehead atoms. The predicted octanol–water partition coefficient (Wildman–Crippen LogP) is 2.62. The van der Waals surface area contributed by atoms with Crippen LogP contribution in [0.25, 0.3) is 0 Å². The summed E-state index contributed by atoms with van der Waals surface area (Å²) in [5.74, 6) is -0.302. The molecular weight excluding hydrogens is 390 g/mol. The molecule has 8 heteroatoms. The van der Waals surface area contributed by atoms with Gasteiger partial charge in [0.05, 0.1) is 12.2 Å². The third-order valence-corrected chi connectivity index (χ3v) is 6.19. The molecule has 0 aromatic heterocycles. The predicted molar refractivity (Wildman–Crippen MR) is 113 cm³/mol. The normalized spacial score (nSPS) is 16.4. The molecule has 154 valence electrons. The highest BCUT2D eigenvalue weighted by molar-refractivity contribution is 7.92. The van der Waals surface area contributed by atoms with E-state index < -0.39 is 16.1 Å². The first-order valence-electron chi connectivity index (χ1n) is 9.63. The monoisotopic (exact) mass is 415 g/mol. The maximum atomic E-state index is 12.7. The Morgan fingerprint density at radius 2 is 1.69 bits per heavy atom. The molecule has 0 saturated carbocycles. The largest absolute Gasteiger partial charge is 0.330 e. The lowest BCUT2D eigenvalue weighted by Gasteiger charge is -2.24. The zero-order chi connectivity index (χ0) is 20.9. The van der Waals surface area contributed by atoms with Crippen molar-refractivity contribution < 1.29 is 18.0 Å². The summed E-state index contributed by atoms with van der Waals surface area (Å²) in [6, 6.07) is 15.4. The fourth-order valence-corrected chi connectivity index (χ4v) is 3.95. The van der Waals surface area contributed by atoms with Crippen molar-refractivity contribution in [3.8, 4) is 0 Å². The van der Waals surface area contributed by atoms with E-state index in [-0.39, 0.29) is 24.0 Å². The molecule has 1 heterocycles. The number of amides is 2. The van der Waals surface area contributed by atoms with Gasteiger partial charge in [0.2, 0.25) is 21.8 Å². The molecule has 0 radical (unpaired) electrons. The minimum absolute atomic E-state index is 0.0139. The van der Waals surface area contributed by atoms with E-state index in [9.17, 15) is 18.0 Å². The number of hydrogen-bond acceptors (Lipinski definition) is 4. The number of rotatable bonds is 7. The number of benzene rings is 2. The molecule has 1 aliphatic rings. The number of nitrogens with one attached hydrogen (secondary N) is 2. The smallest absolute Gasteiger partial charge is 0.247 e. The number of sulfonamides is 1. The molecule has 0 aliphatic carbocycles. The van der Waals surface area contributed by atoms with Crippen molar-refractivity contribution in [3.63, 3.8) is 0 Å². The van der Waals surface area contributed by atoms with Crippen LogP contribution in [0.4, 0.5) is 11.4 Å². The zero-order valence-corrected chi connectivity index (χ0v) is 17.1. The highest BCUT2D eigenvalue weighted by Crippen LogP contribution is 2.21. The molecule has 1 unspecified atom stereocenters. The molecule has 7 nitrogen and oxygen atoms in total. The molecular formula is C21H25N3O4S. The van der Waals surface area contributed by atoms with Crippen molar-refractivity contribution in [1.29, 1.82) is 0 Å². The third kappa shape index (κ3) is 5.57. The van der Waals surface area contributed by atoms with Gasteiger partial charge in [-0.15, -0.1) is 0 Å². The number of hydrogen-bond donors (Lipinski definition) is 2.